The van der Waals surface area contributed by atoms with E-state index in [4.69, 9.17) is 23.2 Å². The van der Waals surface area contributed by atoms with Crippen molar-refractivity contribution in [2.45, 2.75) is 18.8 Å². The van der Waals surface area contributed by atoms with Crippen LogP contribution in [0, 0.1) is 0 Å². The Morgan fingerprint density at radius 3 is 2.08 bits per heavy atom. The van der Waals surface area contributed by atoms with Crippen molar-refractivity contribution in [3.63, 3.8) is 0 Å². The van der Waals surface area contributed by atoms with E-state index in [1.165, 1.54) is 0 Å². The van der Waals surface area contributed by atoms with Gasteiger partial charge in [-0.15, -0.1) is 0 Å². The Kier molecular flexibility index (Phi) is 4.63. The molecule has 26 heavy (non-hydrogen) atoms. The third kappa shape index (κ3) is 3.57. The molecule has 2 heterocycles. The van der Waals surface area contributed by atoms with Gasteiger partial charge >= 0.3 is 0 Å². The first-order chi connectivity index (χ1) is 12.5. The number of aromatic amines is 1. The highest BCUT2D eigenvalue weighted by atomic mass is 35.5. The predicted octanol–water partition coefficient (Wildman–Crippen LogP) is 3.19. The zero-order valence-corrected chi connectivity index (χ0v) is 15.6. The van der Waals surface area contributed by atoms with Gasteiger partial charge in [-0.05, 0) is 37.1 Å². The molecular weight excluding hydrogens is 375 g/mol. The number of halogens is 2. The van der Waals surface area contributed by atoms with Crippen LogP contribution in [0.4, 0.5) is 0 Å². The highest BCUT2D eigenvalue weighted by molar-refractivity contribution is 6.35. The number of amides is 2. The zero-order valence-electron chi connectivity index (χ0n) is 14.0. The molecule has 1 aromatic heterocycles. The topological polar surface area (TPSA) is 69.3 Å². The van der Waals surface area contributed by atoms with Gasteiger partial charge < -0.3 is 9.80 Å². The van der Waals surface area contributed by atoms with Crippen LogP contribution in [-0.4, -0.2) is 58.0 Å². The molecule has 0 spiro atoms. The Balaban J connectivity index is 1.38. The van der Waals surface area contributed by atoms with Crippen molar-refractivity contribution in [2.75, 3.05) is 26.2 Å². The van der Waals surface area contributed by atoms with Crippen molar-refractivity contribution in [1.82, 2.24) is 20.0 Å². The Labute approximate surface area is 161 Å². The molecule has 136 valence electrons. The van der Waals surface area contributed by atoms with Crippen LogP contribution in [-0.2, 0) is 0 Å². The molecule has 2 amide bonds. The molecule has 0 radical (unpaired) electrons. The van der Waals surface area contributed by atoms with Crippen molar-refractivity contribution in [3.05, 3.63) is 51.3 Å². The van der Waals surface area contributed by atoms with Gasteiger partial charge in [0.25, 0.3) is 11.8 Å². The van der Waals surface area contributed by atoms with Gasteiger partial charge in [-0.1, -0.05) is 23.2 Å². The lowest BCUT2D eigenvalue weighted by molar-refractivity contribution is 0.0532. The highest BCUT2D eigenvalue weighted by Crippen LogP contribution is 2.39. The molecule has 0 bridgehead atoms. The van der Waals surface area contributed by atoms with Gasteiger partial charge in [0.15, 0.2) is 0 Å². The highest BCUT2D eigenvalue weighted by Gasteiger charge is 2.29. The third-order valence-corrected chi connectivity index (χ3v) is 5.23. The smallest absolute Gasteiger partial charge is 0.274 e. The summed E-state index contributed by atoms with van der Waals surface area (Å²) in [6.07, 6.45) is 2.31. The first-order valence-corrected chi connectivity index (χ1v) is 9.37. The quantitative estimate of drug-likeness (QED) is 0.871. The number of benzene rings is 1. The number of nitrogens with one attached hydrogen (secondary N) is 1. The number of hydrogen-bond acceptors (Lipinski definition) is 3. The van der Waals surface area contributed by atoms with Gasteiger partial charge in [-0.25, -0.2) is 0 Å². The first-order valence-electron chi connectivity index (χ1n) is 8.61. The van der Waals surface area contributed by atoms with Gasteiger partial charge in [0.05, 0.1) is 0 Å². The summed E-state index contributed by atoms with van der Waals surface area (Å²) in [5.41, 5.74) is 1.96. The normalized spacial score (nSPS) is 17.5. The summed E-state index contributed by atoms with van der Waals surface area (Å²) >= 11 is 12.0. The van der Waals surface area contributed by atoms with Crippen molar-refractivity contribution in [1.29, 1.82) is 0 Å². The van der Waals surface area contributed by atoms with Crippen LogP contribution in [0.3, 0.4) is 0 Å². The van der Waals surface area contributed by atoms with Crippen molar-refractivity contribution in [2.24, 2.45) is 0 Å². The molecule has 4 rings (SSSR count). The Morgan fingerprint density at radius 1 is 0.923 bits per heavy atom. The predicted molar refractivity (Wildman–Crippen MR) is 98.8 cm³/mol. The van der Waals surface area contributed by atoms with E-state index in [0.29, 0.717) is 53.4 Å². The zero-order chi connectivity index (χ0) is 18.3. The van der Waals surface area contributed by atoms with Crippen LogP contribution in [0.2, 0.25) is 10.0 Å². The number of aromatic nitrogens is 2. The number of nitrogens with zero attached hydrogens (tertiary/aromatic N) is 3. The summed E-state index contributed by atoms with van der Waals surface area (Å²) in [6.45, 7) is 1.89. The van der Waals surface area contributed by atoms with E-state index < -0.39 is 0 Å². The third-order valence-electron chi connectivity index (χ3n) is 4.80. The van der Waals surface area contributed by atoms with E-state index in [0.717, 1.165) is 18.5 Å². The van der Waals surface area contributed by atoms with E-state index in [-0.39, 0.29) is 11.8 Å². The second-order valence-corrected chi connectivity index (χ2v) is 7.60. The summed E-state index contributed by atoms with van der Waals surface area (Å²) in [4.78, 5) is 28.7. The Bertz CT molecular complexity index is 834. The maximum Gasteiger partial charge on any atom is 0.274 e. The van der Waals surface area contributed by atoms with Crippen LogP contribution in [0.15, 0.2) is 24.3 Å². The van der Waals surface area contributed by atoms with Gasteiger partial charge in [-0.3, -0.25) is 14.7 Å². The number of carbonyl (C=O) groups excluding carboxylic acids is 2. The largest absolute Gasteiger partial charge is 0.335 e. The molecule has 8 heteroatoms. The lowest BCUT2D eigenvalue weighted by Gasteiger charge is -2.34. The molecule has 2 fully saturated rings. The number of hydrogen-bond donors (Lipinski definition) is 1. The van der Waals surface area contributed by atoms with Gasteiger partial charge in [0, 0.05) is 53.4 Å². The SMILES string of the molecule is O=C(c1cc(Cl)cc(Cl)c1)N1CCN(C(=O)c2cc(C3CC3)[nH]n2)CC1. The number of rotatable bonds is 3. The van der Waals surface area contributed by atoms with Gasteiger partial charge in [0.1, 0.15) is 5.69 Å². The van der Waals surface area contributed by atoms with Crippen LogP contribution >= 0.6 is 23.2 Å². The summed E-state index contributed by atoms with van der Waals surface area (Å²) in [5.74, 6) is 0.311. The molecular formula is C18H18Cl2N4O2. The van der Waals surface area contributed by atoms with E-state index in [1.54, 1.807) is 28.0 Å². The van der Waals surface area contributed by atoms with Gasteiger partial charge in [0.2, 0.25) is 0 Å². The molecule has 2 aromatic rings. The number of H-pyrrole nitrogens is 1. The minimum Gasteiger partial charge on any atom is -0.335 e. The van der Waals surface area contributed by atoms with E-state index in [1.807, 2.05) is 6.07 Å². The Morgan fingerprint density at radius 2 is 1.50 bits per heavy atom. The fourth-order valence-corrected chi connectivity index (χ4v) is 3.71. The summed E-state index contributed by atoms with van der Waals surface area (Å²) in [6, 6.07) is 6.66. The minimum absolute atomic E-state index is 0.0916. The summed E-state index contributed by atoms with van der Waals surface area (Å²) < 4.78 is 0. The molecule has 6 nitrogen and oxygen atoms in total. The molecule has 1 N–H and O–H groups in total. The van der Waals surface area contributed by atoms with E-state index >= 15 is 0 Å². The molecule has 1 aliphatic heterocycles. The summed E-state index contributed by atoms with van der Waals surface area (Å²) in [7, 11) is 0. The molecule has 0 unspecified atom stereocenters. The monoisotopic (exact) mass is 392 g/mol. The van der Waals surface area contributed by atoms with Crippen molar-refractivity contribution < 1.29 is 9.59 Å². The van der Waals surface area contributed by atoms with E-state index in [2.05, 4.69) is 10.2 Å². The number of piperazine rings is 1. The maximum atomic E-state index is 12.6. The fourth-order valence-electron chi connectivity index (χ4n) is 3.18. The second kappa shape index (κ2) is 6.93. The van der Waals surface area contributed by atoms with E-state index in [9.17, 15) is 9.59 Å². The molecule has 0 atom stereocenters. The van der Waals surface area contributed by atoms with Crippen LogP contribution in [0.25, 0.3) is 0 Å². The first kappa shape index (κ1) is 17.4. The molecule has 2 aliphatic rings. The fraction of sp³-hybridized carbons (Fsp3) is 0.389. The molecule has 1 saturated heterocycles. The van der Waals surface area contributed by atoms with Crippen LogP contribution in [0.1, 0.15) is 45.3 Å². The van der Waals surface area contributed by atoms with Crippen LogP contribution < -0.4 is 0 Å². The molecule has 1 saturated carbocycles. The van der Waals surface area contributed by atoms with Crippen LogP contribution in [0.5, 0.6) is 0 Å². The van der Waals surface area contributed by atoms with Gasteiger partial charge in [-0.2, -0.15) is 5.10 Å². The molecule has 1 aliphatic carbocycles. The second-order valence-electron chi connectivity index (χ2n) is 6.73. The van der Waals surface area contributed by atoms with Crippen molar-refractivity contribution in [3.8, 4) is 0 Å². The average Bonchev–Trinajstić information content (AvgIpc) is 3.37. The average molecular weight is 393 g/mol. The lowest BCUT2D eigenvalue weighted by Crippen LogP contribution is -2.50. The standard InChI is InChI=1S/C18H18Cl2N4O2/c19-13-7-12(8-14(20)9-13)17(25)23-3-5-24(6-4-23)18(26)16-10-15(21-22-16)11-1-2-11/h7-11H,1-6H2,(H,21,22). The summed E-state index contributed by atoms with van der Waals surface area (Å²) in [5, 5.41) is 7.97. The molecule has 1 aromatic carbocycles. The number of carbonyl (C=O) groups is 2. The minimum atomic E-state index is -0.128. The Hall–Kier alpha value is -2.05. The van der Waals surface area contributed by atoms with Crippen molar-refractivity contribution >= 4 is 35.0 Å². The maximum absolute atomic E-state index is 12.6. The lowest BCUT2D eigenvalue weighted by atomic mass is 10.1.